The highest BCUT2D eigenvalue weighted by molar-refractivity contribution is 5.91. The van der Waals surface area contributed by atoms with Crippen LogP contribution in [0, 0.1) is 0 Å². The Hall–Kier alpha value is -3.84. The first-order chi connectivity index (χ1) is 19.3. The molecule has 0 spiro atoms. The standard InChI is InChI=1S/C28H32F6N2O6/c1-15-9-20(19-13-22(39-5)23(40-6)14-21(19)36(15)25(38)42-26(2,3)4)35-24(37)41-8-7-16-10-17(27(29,30)31)12-18(11-16)28(32,33)34/h10-15,20H,7-9H2,1-6H3,(H,35,37)/t15-,20+/m1/s1. The summed E-state index contributed by atoms with van der Waals surface area (Å²) >= 11 is 0. The second kappa shape index (κ2) is 12.2. The van der Waals surface area contributed by atoms with Crippen LogP contribution in [0.5, 0.6) is 11.5 Å². The largest absolute Gasteiger partial charge is 0.493 e. The van der Waals surface area contributed by atoms with E-state index in [1.165, 1.54) is 19.1 Å². The zero-order valence-corrected chi connectivity index (χ0v) is 23.8. The van der Waals surface area contributed by atoms with E-state index in [9.17, 15) is 35.9 Å². The third-order valence-corrected chi connectivity index (χ3v) is 6.34. The molecule has 0 aliphatic carbocycles. The van der Waals surface area contributed by atoms with Gasteiger partial charge in [-0.25, -0.2) is 9.59 Å². The van der Waals surface area contributed by atoms with Crippen LogP contribution in [-0.4, -0.2) is 44.7 Å². The van der Waals surface area contributed by atoms with Crippen molar-refractivity contribution in [2.24, 2.45) is 0 Å². The van der Waals surface area contributed by atoms with Gasteiger partial charge in [0.25, 0.3) is 0 Å². The SMILES string of the molecule is COc1cc2c(cc1OC)N(C(=O)OC(C)(C)C)[C@H](C)C[C@@H]2NC(=O)OCCc1cc(C(F)(F)F)cc(C(F)(F)F)c1. The fourth-order valence-corrected chi connectivity index (χ4v) is 4.52. The molecule has 232 valence electrons. The van der Waals surface area contributed by atoms with Crippen molar-refractivity contribution in [2.75, 3.05) is 25.7 Å². The fourth-order valence-electron chi connectivity index (χ4n) is 4.52. The highest BCUT2D eigenvalue weighted by Crippen LogP contribution is 2.44. The van der Waals surface area contributed by atoms with Crippen molar-refractivity contribution in [3.8, 4) is 11.5 Å². The molecule has 0 aromatic heterocycles. The van der Waals surface area contributed by atoms with Crippen molar-refractivity contribution in [2.45, 2.75) is 70.6 Å². The minimum absolute atomic E-state index is 0.0303. The predicted molar refractivity (Wildman–Crippen MR) is 140 cm³/mol. The Morgan fingerprint density at radius 3 is 1.95 bits per heavy atom. The van der Waals surface area contributed by atoms with E-state index in [-0.39, 0.29) is 18.1 Å². The average molecular weight is 607 g/mol. The lowest BCUT2D eigenvalue weighted by molar-refractivity contribution is -0.143. The minimum Gasteiger partial charge on any atom is -0.493 e. The summed E-state index contributed by atoms with van der Waals surface area (Å²) in [7, 11) is 2.83. The molecule has 42 heavy (non-hydrogen) atoms. The number of benzene rings is 2. The quantitative estimate of drug-likeness (QED) is 0.348. The highest BCUT2D eigenvalue weighted by atomic mass is 19.4. The van der Waals surface area contributed by atoms with Gasteiger partial charge in [0.2, 0.25) is 0 Å². The number of fused-ring (bicyclic) bond motifs is 1. The average Bonchev–Trinajstić information content (AvgIpc) is 2.85. The number of hydrogen-bond donors (Lipinski definition) is 1. The summed E-state index contributed by atoms with van der Waals surface area (Å²) in [6.45, 7) is 6.42. The molecule has 2 atom stereocenters. The lowest BCUT2D eigenvalue weighted by atomic mass is 9.91. The zero-order chi connectivity index (χ0) is 31.6. The van der Waals surface area contributed by atoms with Gasteiger partial charge in [0.05, 0.1) is 43.7 Å². The summed E-state index contributed by atoms with van der Waals surface area (Å²) < 4.78 is 100. The molecule has 0 saturated carbocycles. The summed E-state index contributed by atoms with van der Waals surface area (Å²) in [5.41, 5.74) is -3.14. The molecule has 8 nitrogen and oxygen atoms in total. The molecule has 0 saturated heterocycles. The number of halogens is 6. The number of anilines is 1. The number of ether oxygens (including phenoxy) is 4. The summed E-state index contributed by atoms with van der Waals surface area (Å²) in [6.07, 6.45) is -11.7. The van der Waals surface area contributed by atoms with Crippen LogP contribution in [0.15, 0.2) is 30.3 Å². The summed E-state index contributed by atoms with van der Waals surface area (Å²) in [5, 5.41) is 2.66. The third kappa shape index (κ3) is 7.91. The summed E-state index contributed by atoms with van der Waals surface area (Å²) in [5.74, 6) is 0.639. The first-order valence-corrected chi connectivity index (χ1v) is 12.8. The van der Waals surface area contributed by atoms with E-state index in [0.717, 1.165) is 0 Å². The molecule has 1 heterocycles. The topological polar surface area (TPSA) is 86.3 Å². The Kier molecular flexibility index (Phi) is 9.47. The van der Waals surface area contributed by atoms with E-state index in [0.29, 0.717) is 34.9 Å². The fraction of sp³-hybridized carbons (Fsp3) is 0.500. The first-order valence-electron chi connectivity index (χ1n) is 12.8. The van der Waals surface area contributed by atoms with Gasteiger partial charge in [-0.15, -0.1) is 0 Å². The summed E-state index contributed by atoms with van der Waals surface area (Å²) in [4.78, 5) is 27.2. The van der Waals surface area contributed by atoms with E-state index in [2.05, 4.69) is 5.32 Å². The van der Waals surface area contributed by atoms with Crippen LogP contribution >= 0.6 is 0 Å². The molecule has 0 unspecified atom stereocenters. The first kappa shape index (κ1) is 32.7. The van der Waals surface area contributed by atoms with E-state index in [1.807, 2.05) is 0 Å². The van der Waals surface area contributed by atoms with E-state index >= 15 is 0 Å². The van der Waals surface area contributed by atoms with Gasteiger partial charge in [-0.1, -0.05) is 0 Å². The van der Waals surface area contributed by atoms with E-state index < -0.39 is 66.4 Å². The maximum Gasteiger partial charge on any atom is 0.416 e. The molecule has 0 bridgehead atoms. The molecule has 1 aliphatic heterocycles. The monoisotopic (exact) mass is 606 g/mol. The molecule has 3 rings (SSSR count). The molecule has 1 aliphatic rings. The number of alkyl carbamates (subject to hydrolysis) is 1. The molecule has 2 aromatic carbocycles. The van der Waals surface area contributed by atoms with Gasteiger partial charge in [-0.05, 0) is 63.9 Å². The number of methoxy groups -OCH3 is 2. The number of carbonyl (C=O) groups excluding carboxylic acids is 2. The van der Waals surface area contributed by atoms with Crippen molar-refractivity contribution in [3.05, 3.63) is 52.6 Å². The number of alkyl halides is 6. The molecular weight excluding hydrogens is 574 g/mol. The second-order valence-electron chi connectivity index (χ2n) is 10.7. The van der Waals surface area contributed by atoms with Gasteiger partial charge < -0.3 is 24.3 Å². The van der Waals surface area contributed by atoms with Gasteiger partial charge >= 0.3 is 24.5 Å². The second-order valence-corrected chi connectivity index (χ2v) is 10.7. The normalized spacial score (nSPS) is 17.3. The smallest absolute Gasteiger partial charge is 0.416 e. The lowest BCUT2D eigenvalue weighted by Gasteiger charge is -2.40. The zero-order valence-electron chi connectivity index (χ0n) is 23.8. The maximum absolute atomic E-state index is 13.1. The minimum atomic E-state index is -4.99. The number of rotatable bonds is 6. The van der Waals surface area contributed by atoms with Crippen molar-refractivity contribution in [3.63, 3.8) is 0 Å². The van der Waals surface area contributed by atoms with Gasteiger partial charge in [0.15, 0.2) is 11.5 Å². The van der Waals surface area contributed by atoms with Crippen molar-refractivity contribution >= 4 is 17.9 Å². The molecule has 2 aromatic rings. The van der Waals surface area contributed by atoms with Gasteiger partial charge in [-0.3, -0.25) is 4.90 Å². The number of nitrogens with zero attached hydrogens (tertiary/aromatic N) is 1. The van der Waals surface area contributed by atoms with Crippen LogP contribution in [-0.2, 0) is 28.2 Å². The highest BCUT2D eigenvalue weighted by Gasteiger charge is 2.39. The van der Waals surface area contributed by atoms with Crippen LogP contribution < -0.4 is 19.7 Å². The number of carbonyl (C=O) groups is 2. The molecule has 14 heteroatoms. The van der Waals surface area contributed by atoms with Crippen LogP contribution in [0.2, 0.25) is 0 Å². The number of amides is 2. The van der Waals surface area contributed by atoms with Gasteiger partial charge in [0, 0.05) is 24.1 Å². The van der Waals surface area contributed by atoms with Crippen LogP contribution in [0.3, 0.4) is 0 Å². The molecule has 2 amide bonds. The molecule has 0 fully saturated rings. The van der Waals surface area contributed by atoms with E-state index in [1.54, 1.807) is 39.8 Å². The third-order valence-electron chi connectivity index (χ3n) is 6.34. The maximum atomic E-state index is 13.1. The van der Waals surface area contributed by atoms with Crippen LogP contribution in [0.1, 0.15) is 62.4 Å². The number of hydrogen-bond acceptors (Lipinski definition) is 6. The molecule has 0 radical (unpaired) electrons. The predicted octanol–water partition coefficient (Wildman–Crippen LogP) is 7.29. The number of nitrogens with one attached hydrogen (secondary N) is 1. The van der Waals surface area contributed by atoms with Crippen molar-refractivity contribution < 1.29 is 54.9 Å². The van der Waals surface area contributed by atoms with E-state index in [4.69, 9.17) is 18.9 Å². The Morgan fingerprint density at radius 2 is 1.45 bits per heavy atom. The van der Waals surface area contributed by atoms with Crippen molar-refractivity contribution in [1.82, 2.24) is 5.32 Å². The van der Waals surface area contributed by atoms with Gasteiger partial charge in [0.1, 0.15) is 5.60 Å². The summed E-state index contributed by atoms with van der Waals surface area (Å²) in [6, 6.07) is 3.18. The Labute approximate surface area is 238 Å². The van der Waals surface area contributed by atoms with Crippen LogP contribution in [0.25, 0.3) is 0 Å². The van der Waals surface area contributed by atoms with Gasteiger partial charge in [-0.2, -0.15) is 26.3 Å². The Balaban J connectivity index is 1.81. The van der Waals surface area contributed by atoms with Crippen molar-refractivity contribution in [1.29, 1.82) is 0 Å². The Morgan fingerprint density at radius 1 is 0.905 bits per heavy atom. The lowest BCUT2D eigenvalue weighted by Crippen LogP contribution is -2.48. The van der Waals surface area contributed by atoms with Crippen LogP contribution in [0.4, 0.5) is 41.6 Å². The molecular formula is C28H32F6N2O6. The Bertz CT molecular complexity index is 1270. The molecule has 1 N–H and O–H groups in total.